The first-order valence-corrected chi connectivity index (χ1v) is 8.68. The summed E-state index contributed by atoms with van der Waals surface area (Å²) in [6.07, 6.45) is 8.94. The van der Waals surface area contributed by atoms with Crippen molar-refractivity contribution in [2.45, 2.75) is 46.5 Å². The Hall–Kier alpha value is -2.08. The number of allylic oxidation sites excluding steroid dienone is 4. The Bertz CT molecular complexity index is 860. The molecule has 2 aromatic carbocycles. The molecule has 0 spiro atoms. The monoisotopic (exact) mass is 300 g/mol. The quantitative estimate of drug-likeness (QED) is 0.518. The second-order valence-corrected chi connectivity index (χ2v) is 7.31. The standard InChI is InChI=1S/C23H24/c1-14(2)20-13-21-19-10-9-15(3)11-18(19)12-22(21)23(16(20)4)17-7-5-6-8-17/h5-7,9-11,13-14H,8,12H2,1-4H3. The van der Waals surface area contributed by atoms with Crippen molar-refractivity contribution >= 4 is 5.57 Å². The minimum Gasteiger partial charge on any atom is -0.0801 e. The lowest BCUT2D eigenvalue weighted by molar-refractivity contribution is 0.854. The molecule has 2 aliphatic rings. The highest BCUT2D eigenvalue weighted by molar-refractivity contribution is 5.87. The topological polar surface area (TPSA) is 0 Å². The van der Waals surface area contributed by atoms with Crippen LogP contribution in [0.5, 0.6) is 0 Å². The molecular formula is C23H24. The van der Waals surface area contributed by atoms with Gasteiger partial charge >= 0.3 is 0 Å². The maximum atomic E-state index is 2.46. The van der Waals surface area contributed by atoms with Crippen molar-refractivity contribution < 1.29 is 0 Å². The van der Waals surface area contributed by atoms with Crippen LogP contribution in [-0.4, -0.2) is 0 Å². The minimum atomic E-state index is 0.559. The number of aryl methyl sites for hydroxylation is 1. The molecule has 0 aromatic heterocycles. The highest BCUT2D eigenvalue weighted by Gasteiger charge is 2.26. The van der Waals surface area contributed by atoms with Gasteiger partial charge in [-0.1, -0.05) is 61.9 Å². The molecule has 0 saturated heterocycles. The van der Waals surface area contributed by atoms with Crippen LogP contribution >= 0.6 is 0 Å². The smallest absolute Gasteiger partial charge is 0.000720 e. The van der Waals surface area contributed by atoms with Gasteiger partial charge in [-0.05, 0) is 77.1 Å². The van der Waals surface area contributed by atoms with E-state index < -0.39 is 0 Å². The summed E-state index contributed by atoms with van der Waals surface area (Å²) in [5.74, 6) is 0.559. The summed E-state index contributed by atoms with van der Waals surface area (Å²) in [5.41, 5.74) is 13.3. The summed E-state index contributed by atoms with van der Waals surface area (Å²) in [5, 5.41) is 0. The van der Waals surface area contributed by atoms with Crippen LogP contribution in [-0.2, 0) is 6.42 Å². The molecule has 4 rings (SSSR count). The molecule has 2 aliphatic carbocycles. The van der Waals surface area contributed by atoms with E-state index >= 15 is 0 Å². The molecule has 0 amide bonds. The van der Waals surface area contributed by atoms with Crippen molar-refractivity contribution in [2.24, 2.45) is 0 Å². The summed E-state index contributed by atoms with van der Waals surface area (Å²) < 4.78 is 0. The van der Waals surface area contributed by atoms with E-state index in [0.717, 1.165) is 12.8 Å². The molecule has 116 valence electrons. The van der Waals surface area contributed by atoms with E-state index in [9.17, 15) is 0 Å². The average molecular weight is 300 g/mol. The summed E-state index contributed by atoms with van der Waals surface area (Å²) in [4.78, 5) is 0. The Morgan fingerprint density at radius 3 is 2.52 bits per heavy atom. The molecule has 0 heterocycles. The molecule has 0 atom stereocenters. The van der Waals surface area contributed by atoms with Crippen LogP contribution in [0.25, 0.3) is 16.7 Å². The second kappa shape index (κ2) is 5.23. The van der Waals surface area contributed by atoms with Gasteiger partial charge in [-0.2, -0.15) is 0 Å². The minimum absolute atomic E-state index is 0.559. The van der Waals surface area contributed by atoms with Crippen molar-refractivity contribution in [2.75, 3.05) is 0 Å². The number of hydrogen-bond acceptors (Lipinski definition) is 0. The van der Waals surface area contributed by atoms with Crippen LogP contribution < -0.4 is 0 Å². The van der Waals surface area contributed by atoms with E-state index in [1.165, 1.54) is 44.5 Å². The lowest BCUT2D eigenvalue weighted by Crippen LogP contribution is -2.02. The van der Waals surface area contributed by atoms with Gasteiger partial charge in [0.05, 0.1) is 0 Å². The Morgan fingerprint density at radius 2 is 1.83 bits per heavy atom. The number of fused-ring (bicyclic) bond motifs is 3. The third-order valence-corrected chi connectivity index (χ3v) is 5.37. The normalized spacial score (nSPS) is 15.1. The first kappa shape index (κ1) is 14.5. The molecule has 0 radical (unpaired) electrons. The molecule has 0 heteroatoms. The molecular weight excluding hydrogens is 276 g/mol. The van der Waals surface area contributed by atoms with Crippen molar-refractivity contribution in [3.8, 4) is 11.1 Å². The highest BCUT2D eigenvalue weighted by Crippen LogP contribution is 2.45. The van der Waals surface area contributed by atoms with Crippen LogP contribution in [0.4, 0.5) is 0 Å². The van der Waals surface area contributed by atoms with Gasteiger partial charge in [-0.25, -0.2) is 0 Å². The molecule has 2 aromatic rings. The van der Waals surface area contributed by atoms with Crippen LogP contribution in [0.2, 0.25) is 0 Å². The van der Waals surface area contributed by atoms with E-state index in [-0.39, 0.29) is 0 Å². The summed E-state index contributed by atoms with van der Waals surface area (Å²) in [7, 11) is 0. The number of rotatable bonds is 2. The van der Waals surface area contributed by atoms with Crippen molar-refractivity contribution in [3.05, 3.63) is 75.9 Å². The molecule has 0 N–H and O–H groups in total. The predicted molar refractivity (Wildman–Crippen MR) is 100.0 cm³/mol. The maximum Gasteiger partial charge on any atom is -0.000720 e. The van der Waals surface area contributed by atoms with Gasteiger partial charge in [-0.15, -0.1) is 0 Å². The number of benzene rings is 2. The first-order valence-electron chi connectivity index (χ1n) is 8.68. The molecule has 23 heavy (non-hydrogen) atoms. The largest absolute Gasteiger partial charge is 0.0801 e. The molecule has 0 aliphatic heterocycles. The van der Waals surface area contributed by atoms with E-state index in [1.54, 1.807) is 5.56 Å². The third kappa shape index (κ3) is 2.20. The maximum absolute atomic E-state index is 2.46. The molecule has 0 unspecified atom stereocenters. The molecule has 0 fully saturated rings. The van der Waals surface area contributed by atoms with Gasteiger partial charge in [0, 0.05) is 0 Å². The zero-order valence-electron chi connectivity index (χ0n) is 14.5. The zero-order chi connectivity index (χ0) is 16.1. The third-order valence-electron chi connectivity index (χ3n) is 5.37. The van der Waals surface area contributed by atoms with E-state index in [1.807, 2.05) is 0 Å². The van der Waals surface area contributed by atoms with E-state index in [2.05, 4.69) is 70.2 Å². The Morgan fingerprint density at radius 1 is 1.00 bits per heavy atom. The Kier molecular flexibility index (Phi) is 3.30. The van der Waals surface area contributed by atoms with Crippen LogP contribution in [0.15, 0.2) is 42.5 Å². The van der Waals surface area contributed by atoms with Crippen molar-refractivity contribution in [1.82, 2.24) is 0 Å². The summed E-state index contributed by atoms with van der Waals surface area (Å²) >= 11 is 0. The second-order valence-electron chi connectivity index (χ2n) is 7.31. The Balaban J connectivity index is 2.00. The lowest BCUT2D eigenvalue weighted by atomic mass is 9.84. The van der Waals surface area contributed by atoms with E-state index in [4.69, 9.17) is 0 Å². The van der Waals surface area contributed by atoms with Gasteiger partial charge < -0.3 is 0 Å². The SMILES string of the molecule is Cc1ccc2c(c1)Cc1c-2cc(C(C)C)c(C)c1C1=CC=CC1. The molecule has 0 bridgehead atoms. The zero-order valence-corrected chi connectivity index (χ0v) is 14.5. The van der Waals surface area contributed by atoms with Crippen molar-refractivity contribution in [1.29, 1.82) is 0 Å². The summed E-state index contributed by atoms with van der Waals surface area (Å²) in [6, 6.07) is 9.40. The van der Waals surface area contributed by atoms with Crippen LogP contribution in [0.3, 0.4) is 0 Å². The fourth-order valence-corrected chi connectivity index (χ4v) is 4.27. The Labute approximate surface area is 139 Å². The van der Waals surface area contributed by atoms with Gasteiger partial charge in [0.15, 0.2) is 0 Å². The molecule has 0 saturated carbocycles. The van der Waals surface area contributed by atoms with Crippen LogP contribution in [0, 0.1) is 13.8 Å². The van der Waals surface area contributed by atoms with Gasteiger partial charge in [0.1, 0.15) is 0 Å². The average Bonchev–Trinajstić information content (AvgIpc) is 3.13. The fourth-order valence-electron chi connectivity index (χ4n) is 4.27. The van der Waals surface area contributed by atoms with E-state index in [0.29, 0.717) is 5.92 Å². The van der Waals surface area contributed by atoms with Gasteiger partial charge in [-0.3, -0.25) is 0 Å². The van der Waals surface area contributed by atoms with Gasteiger partial charge in [0.25, 0.3) is 0 Å². The first-order chi connectivity index (χ1) is 11.1. The highest BCUT2D eigenvalue weighted by atomic mass is 14.3. The molecule has 0 nitrogen and oxygen atoms in total. The number of hydrogen-bond donors (Lipinski definition) is 0. The lowest BCUT2D eigenvalue weighted by Gasteiger charge is -2.20. The van der Waals surface area contributed by atoms with Crippen molar-refractivity contribution in [3.63, 3.8) is 0 Å². The predicted octanol–water partition coefficient (Wildman–Crippen LogP) is 6.34. The summed E-state index contributed by atoms with van der Waals surface area (Å²) in [6.45, 7) is 9.13. The van der Waals surface area contributed by atoms with Crippen LogP contribution in [0.1, 0.15) is 59.6 Å². The van der Waals surface area contributed by atoms with Gasteiger partial charge in [0.2, 0.25) is 0 Å². The fraction of sp³-hybridized carbons (Fsp3) is 0.304.